The van der Waals surface area contributed by atoms with Gasteiger partial charge in [0.25, 0.3) is 0 Å². The van der Waals surface area contributed by atoms with Crippen molar-refractivity contribution < 1.29 is 9.50 Å². The van der Waals surface area contributed by atoms with Crippen molar-refractivity contribution in [3.05, 3.63) is 64.4 Å². The zero-order chi connectivity index (χ0) is 14.7. The Kier molecular flexibility index (Phi) is 4.63. The minimum atomic E-state index is -0.727. The van der Waals surface area contributed by atoms with Gasteiger partial charge in [-0.2, -0.15) is 0 Å². The third-order valence-electron chi connectivity index (χ3n) is 3.22. The Hall–Kier alpha value is -1.58. The second kappa shape index (κ2) is 6.25. The Labute approximate surface area is 123 Å². The van der Waals surface area contributed by atoms with Crippen molar-refractivity contribution in [2.75, 3.05) is 11.9 Å². The van der Waals surface area contributed by atoms with E-state index in [1.807, 2.05) is 24.3 Å². The predicted molar refractivity (Wildman–Crippen MR) is 80.6 cm³/mol. The molecule has 0 spiro atoms. The van der Waals surface area contributed by atoms with Gasteiger partial charge in [0.15, 0.2) is 0 Å². The van der Waals surface area contributed by atoms with Crippen molar-refractivity contribution in [1.29, 1.82) is 0 Å². The van der Waals surface area contributed by atoms with Crippen LogP contribution < -0.4 is 4.90 Å². The normalized spacial score (nSPS) is 12.2. The van der Waals surface area contributed by atoms with Gasteiger partial charge in [-0.15, -0.1) is 0 Å². The van der Waals surface area contributed by atoms with Gasteiger partial charge in [0.05, 0.1) is 11.8 Å². The van der Waals surface area contributed by atoms with E-state index in [9.17, 15) is 9.50 Å². The molecule has 0 aliphatic heterocycles. The number of halogens is 2. The maximum absolute atomic E-state index is 14.1. The monoisotopic (exact) mass is 293 g/mol. The number of hydrogen-bond donors (Lipinski definition) is 1. The van der Waals surface area contributed by atoms with Gasteiger partial charge >= 0.3 is 0 Å². The molecule has 106 valence electrons. The Morgan fingerprint density at radius 1 is 1.20 bits per heavy atom. The van der Waals surface area contributed by atoms with Gasteiger partial charge in [0.1, 0.15) is 5.82 Å². The number of benzene rings is 2. The van der Waals surface area contributed by atoms with Crippen LogP contribution >= 0.6 is 11.6 Å². The molecule has 0 saturated carbocycles. The minimum Gasteiger partial charge on any atom is -0.389 e. The fourth-order valence-electron chi connectivity index (χ4n) is 2.23. The van der Waals surface area contributed by atoms with Gasteiger partial charge in [-0.1, -0.05) is 41.9 Å². The molecule has 4 heteroatoms. The predicted octanol–water partition coefficient (Wildman–Crippen LogP) is 4.17. The van der Waals surface area contributed by atoms with Gasteiger partial charge < -0.3 is 10.0 Å². The van der Waals surface area contributed by atoms with E-state index >= 15 is 0 Å². The summed E-state index contributed by atoms with van der Waals surface area (Å²) in [6.07, 6.45) is -0.727. The largest absolute Gasteiger partial charge is 0.389 e. The molecule has 2 rings (SSSR count). The molecule has 0 bridgehead atoms. The third kappa shape index (κ3) is 3.11. The van der Waals surface area contributed by atoms with Crippen LogP contribution in [0.3, 0.4) is 0 Å². The van der Waals surface area contributed by atoms with E-state index in [0.717, 1.165) is 5.56 Å². The van der Waals surface area contributed by atoms with Gasteiger partial charge in [-0.3, -0.25) is 0 Å². The first-order chi connectivity index (χ1) is 9.50. The summed E-state index contributed by atoms with van der Waals surface area (Å²) in [6, 6.07) is 12.2. The van der Waals surface area contributed by atoms with Crippen LogP contribution in [-0.2, 0) is 6.54 Å². The lowest BCUT2D eigenvalue weighted by Crippen LogP contribution is -2.20. The summed E-state index contributed by atoms with van der Waals surface area (Å²) in [7, 11) is 1.79. The molecule has 0 fully saturated rings. The summed E-state index contributed by atoms with van der Waals surface area (Å²) >= 11 is 6.13. The highest BCUT2D eigenvalue weighted by atomic mass is 35.5. The lowest BCUT2D eigenvalue weighted by molar-refractivity contribution is 0.199. The molecule has 0 aliphatic rings. The van der Waals surface area contributed by atoms with E-state index in [-0.39, 0.29) is 5.82 Å². The van der Waals surface area contributed by atoms with Crippen LogP contribution in [0.1, 0.15) is 24.2 Å². The molecule has 0 radical (unpaired) electrons. The van der Waals surface area contributed by atoms with Crippen LogP contribution in [0.25, 0.3) is 0 Å². The van der Waals surface area contributed by atoms with Crippen LogP contribution in [0.4, 0.5) is 10.1 Å². The summed E-state index contributed by atoms with van der Waals surface area (Å²) < 4.78 is 14.1. The first kappa shape index (κ1) is 14.8. The Balaban J connectivity index is 2.34. The van der Waals surface area contributed by atoms with Gasteiger partial charge in [0, 0.05) is 24.2 Å². The molecule has 2 aromatic carbocycles. The van der Waals surface area contributed by atoms with Crippen molar-refractivity contribution >= 4 is 17.3 Å². The van der Waals surface area contributed by atoms with E-state index in [2.05, 4.69) is 0 Å². The van der Waals surface area contributed by atoms with E-state index in [0.29, 0.717) is 22.8 Å². The summed E-state index contributed by atoms with van der Waals surface area (Å²) in [5.41, 5.74) is 1.89. The highest BCUT2D eigenvalue weighted by Gasteiger charge is 2.16. The fraction of sp³-hybridized carbons (Fsp3) is 0.250. The average molecular weight is 294 g/mol. The van der Waals surface area contributed by atoms with E-state index in [1.165, 1.54) is 6.07 Å². The maximum atomic E-state index is 14.1. The number of anilines is 1. The molecule has 1 atom stereocenters. The second-order valence-corrected chi connectivity index (χ2v) is 5.21. The standard InChI is InChI=1S/C16H17ClFNO/c1-11(20)13-7-5-9-15(18)16(13)19(2)10-12-6-3-4-8-14(12)17/h3-9,11,20H,10H2,1-2H3. The number of para-hydroxylation sites is 1. The quantitative estimate of drug-likeness (QED) is 0.914. The number of nitrogens with zero attached hydrogens (tertiary/aromatic N) is 1. The van der Waals surface area contributed by atoms with Crippen LogP contribution in [0.5, 0.6) is 0 Å². The van der Waals surface area contributed by atoms with Gasteiger partial charge in [-0.05, 0) is 24.6 Å². The maximum Gasteiger partial charge on any atom is 0.146 e. The first-order valence-electron chi connectivity index (χ1n) is 6.41. The Bertz CT molecular complexity index is 601. The molecule has 0 amide bonds. The van der Waals surface area contributed by atoms with Crippen molar-refractivity contribution in [3.63, 3.8) is 0 Å². The molecule has 1 N–H and O–H groups in total. The molecule has 0 aliphatic carbocycles. The topological polar surface area (TPSA) is 23.5 Å². The number of rotatable bonds is 4. The third-order valence-corrected chi connectivity index (χ3v) is 3.58. The smallest absolute Gasteiger partial charge is 0.146 e. The summed E-state index contributed by atoms with van der Waals surface area (Å²) in [6.45, 7) is 2.10. The molecular weight excluding hydrogens is 277 g/mol. The van der Waals surface area contributed by atoms with Crippen molar-refractivity contribution in [3.8, 4) is 0 Å². The number of hydrogen-bond acceptors (Lipinski definition) is 2. The highest BCUT2D eigenvalue weighted by Crippen LogP contribution is 2.30. The average Bonchev–Trinajstić information content (AvgIpc) is 2.40. The number of aliphatic hydroxyl groups excluding tert-OH is 1. The van der Waals surface area contributed by atoms with Crippen LogP contribution in [0.15, 0.2) is 42.5 Å². The van der Waals surface area contributed by atoms with Crippen LogP contribution in [0, 0.1) is 5.82 Å². The van der Waals surface area contributed by atoms with E-state index in [1.54, 1.807) is 31.0 Å². The Morgan fingerprint density at radius 2 is 1.90 bits per heavy atom. The van der Waals surface area contributed by atoms with E-state index in [4.69, 9.17) is 11.6 Å². The summed E-state index contributed by atoms with van der Waals surface area (Å²) in [5.74, 6) is -0.349. The molecule has 0 saturated heterocycles. The van der Waals surface area contributed by atoms with Crippen LogP contribution in [0.2, 0.25) is 5.02 Å². The highest BCUT2D eigenvalue weighted by molar-refractivity contribution is 6.31. The fourth-order valence-corrected chi connectivity index (χ4v) is 2.43. The molecule has 0 heterocycles. The number of aliphatic hydroxyl groups is 1. The van der Waals surface area contributed by atoms with Crippen LogP contribution in [-0.4, -0.2) is 12.2 Å². The van der Waals surface area contributed by atoms with Gasteiger partial charge in [-0.25, -0.2) is 4.39 Å². The molecule has 2 nitrogen and oxygen atoms in total. The lowest BCUT2D eigenvalue weighted by atomic mass is 10.1. The van der Waals surface area contributed by atoms with Crippen molar-refractivity contribution in [2.45, 2.75) is 19.6 Å². The zero-order valence-electron chi connectivity index (χ0n) is 11.5. The lowest BCUT2D eigenvalue weighted by Gasteiger charge is -2.24. The van der Waals surface area contributed by atoms with Crippen molar-refractivity contribution in [1.82, 2.24) is 0 Å². The van der Waals surface area contributed by atoms with Crippen molar-refractivity contribution in [2.24, 2.45) is 0 Å². The summed E-state index contributed by atoms with van der Waals surface area (Å²) in [5, 5.41) is 10.4. The SMILES string of the molecule is CC(O)c1cccc(F)c1N(C)Cc1ccccc1Cl. The summed E-state index contributed by atoms with van der Waals surface area (Å²) in [4.78, 5) is 1.76. The molecular formula is C16H17ClFNO. The first-order valence-corrected chi connectivity index (χ1v) is 6.79. The molecule has 1 unspecified atom stereocenters. The molecule has 20 heavy (non-hydrogen) atoms. The molecule has 0 aromatic heterocycles. The van der Waals surface area contributed by atoms with Gasteiger partial charge in [0.2, 0.25) is 0 Å². The molecule has 2 aromatic rings. The second-order valence-electron chi connectivity index (χ2n) is 4.80. The zero-order valence-corrected chi connectivity index (χ0v) is 12.2. The minimum absolute atomic E-state index is 0.349. The Morgan fingerprint density at radius 3 is 2.55 bits per heavy atom. The van der Waals surface area contributed by atoms with E-state index < -0.39 is 6.10 Å².